The number of hydrogen-bond donors (Lipinski definition) is 2. The molecule has 6 aromatic carbocycles. The number of hydrogen-bond acceptors (Lipinski definition) is 3. The van der Waals surface area contributed by atoms with Gasteiger partial charge in [-0.15, -0.1) is 0 Å². The first-order chi connectivity index (χ1) is 20.8. The van der Waals surface area contributed by atoms with Crippen LogP contribution in [0.2, 0.25) is 0 Å². The number of rotatable bonds is 5. The highest BCUT2D eigenvalue weighted by Crippen LogP contribution is 2.42. The van der Waals surface area contributed by atoms with Crippen molar-refractivity contribution >= 4 is 60.9 Å². The molecule has 0 amide bonds. The second-order valence-corrected chi connectivity index (χ2v) is 10.5. The maximum Gasteiger partial charge on any atom is 0.0701 e. The first-order valence-corrected chi connectivity index (χ1v) is 14.1. The van der Waals surface area contributed by atoms with E-state index >= 15 is 0 Å². The van der Waals surface area contributed by atoms with Gasteiger partial charge < -0.3 is 15.3 Å². The molecule has 8 rings (SSSR count). The molecule has 198 valence electrons. The smallest absolute Gasteiger partial charge is 0.0701 e. The highest BCUT2D eigenvalue weighted by molar-refractivity contribution is 6.28. The SMILES string of the molecule is N=Cc1c(Nc2ccccc2)ccc2c1c1ccc3ccc4ccccc4c3c1n2-c1ccc(-c2ccccn2)cc1. The summed E-state index contributed by atoms with van der Waals surface area (Å²) in [5.41, 5.74) is 8.06. The lowest BCUT2D eigenvalue weighted by atomic mass is 9.98. The summed E-state index contributed by atoms with van der Waals surface area (Å²) in [6.07, 6.45) is 3.31. The molecular weight excluding hydrogens is 512 g/mol. The van der Waals surface area contributed by atoms with Crippen molar-refractivity contribution in [2.24, 2.45) is 0 Å². The fourth-order valence-electron chi connectivity index (χ4n) is 6.23. The molecule has 0 atom stereocenters. The van der Waals surface area contributed by atoms with Gasteiger partial charge in [-0.3, -0.25) is 4.98 Å². The first-order valence-electron chi connectivity index (χ1n) is 14.1. The van der Waals surface area contributed by atoms with Crippen molar-refractivity contribution in [3.8, 4) is 16.9 Å². The molecule has 0 aliphatic heterocycles. The predicted molar refractivity (Wildman–Crippen MR) is 177 cm³/mol. The number of nitrogens with one attached hydrogen (secondary N) is 2. The summed E-state index contributed by atoms with van der Waals surface area (Å²) in [5, 5.41) is 19.1. The van der Waals surface area contributed by atoms with E-state index in [0.717, 1.165) is 55.7 Å². The van der Waals surface area contributed by atoms with Crippen LogP contribution in [-0.2, 0) is 0 Å². The Kier molecular flexibility index (Phi) is 5.57. The quantitative estimate of drug-likeness (QED) is 0.169. The molecule has 2 N–H and O–H groups in total. The molecule has 0 aliphatic rings. The molecule has 0 unspecified atom stereocenters. The monoisotopic (exact) mass is 538 g/mol. The fraction of sp³-hybridized carbons (Fsp3) is 0. The van der Waals surface area contributed by atoms with E-state index in [1.165, 1.54) is 27.8 Å². The lowest BCUT2D eigenvalue weighted by Crippen LogP contribution is -1.98. The predicted octanol–water partition coefficient (Wildman–Crippen LogP) is 9.89. The fourth-order valence-corrected chi connectivity index (χ4v) is 6.23. The van der Waals surface area contributed by atoms with Crippen LogP contribution in [0, 0.1) is 5.41 Å². The maximum absolute atomic E-state index is 8.56. The number of para-hydroxylation sites is 1. The Morgan fingerprint density at radius 3 is 2.19 bits per heavy atom. The van der Waals surface area contributed by atoms with Crippen LogP contribution in [-0.4, -0.2) is 15.8 Å². The molecule has 8 aromatic rings. The van der Waals surface area contributed by atoms with Gasteiger partial charge in [0, 0.05) is 56.8 Å². The third kappa shape index (κ3) is 3.77. The van der Waals surface area contributed by atoms with Crippen molar-refractivity contribution in [3.05, 3.63) is 145 Å². The lowest BCUT2D eigenvalue weighted by molar-refractivity contribution is 1.18. The van der Waals surface area contributed by atoms with Crippen LogP contribution < -0.4 is 5.32 Å². The zero-order valence-corrected chi connectivity index (χ0v) is 22.8. The summed E-state index contributed by atoms with van der Waals surface area (Å²) in [6, 6.07) is 46.4. The maximum atomic E-state index is 8.56. The van der Waals surface area contributed by atoms with Gasteiger partial charge >= 0.3 is 0 Å². The Morgan fingerprint density at radius 2 is 1.38 bits per heavy atom. The van der Waals surface area contributed by atoms with E-state index in [1.807, 2.05) is 54.7 Å². The highest BCUT2D eigenvalue weighted by Gasteiger charge is 2.20. The van der Waals surface area contributed by atoms with Gasteiger partial charge in [-0.1, -0.05) is 84.9 Å². The Balaban J connectivity index is 1.47. The number of nitrogens with zero attached hydrogens (tertiary/aromatic N) is 2. The molecular formula is C38H26N4. The van der Waals surface area contributed by atoms with Crippen LogP contribution >= 0.6 is 0 Å². The van der Waals surface area contributed by atoms with Crippen LogP contribution in [0.3, 0.4) is 0 Å². The van der Waals surface area contributed by atoms with Crippen molar-refractivity contribution in [2.45, 2.75) is 0 Å². The normalized spacial score (nSPS) is 11.4. The minimum atomic E-state index is 0.866. The van der Waals surface area contributed by atoms with Crippen LogP contribution in [0.25, 0.3) is 60.3 Å². The van der Waals surface area contributed by atoms with Gasteiger partial charge in [0.2, 0.25) is 0 Å². The summed E-state index contributed by atoms with van der Waals surface area (Å²) in [5.74, 6) is 0. The average Bonchev–Trinajstić information content (AvgIpc) is 3.40. The average molecular weight is 539 g/mol. The van der Waals surface area contributed by atoms with Gasteiger partial charge in [0.1, 0.15) is 0 Å². The number of aromatic nitrogens is 2. The molecule has 42 heavy (non-hydrogen) atoms. The highest BCUT2D eigenvalue weighted by atomic mass is 15.0. The van der Waals surface area contributed by atoms with E-state index in [-0.39, 0.29) is 0 Å². The molecule has 0 saturated carbocycles. The molecule has 2 aromatic heterocycles. The van der Waals surface area contributed by atoms with Crippen molar-refractivity contribution < 1.29 is 0 Å². The summed E-state index contributed by atoms with van der Waals surface area (Å²) < 4.78 is 2.36. The van der Waals surface area contributed by atoms with E-state index in [9.17, 15) is 0 Å². The van der Waals surface area contributed by atoms with E-state index in [4.69, 9.17) is 5.41 Å². The van der Waals surface area contributed by atoms with Gasteiger partial charge in [-0.2, -0.15) is 0 Å². The summed E-state index contributed by atoms with van der Waals surface area (Å²) in [4.78, 5) is 4.54. The third-order valence-corrected chi connectivity index (χ3v) is 8.12. The topological polar surface area (TPSA) is 53.7 Å². The molecule has 0 saturated heterocycles. The van der Waals surface area contributed by atoms with E-state index in [0.29, 0.717) is 0 Å². The summed E-state index contributed by atoms with van der Waals surface area (Å²) in [7, 11) is 0. The largest absolute Gasteiger partial charge is 0.355 e. The van der Waals surface area contributed by atoms with Gasteiger partial charge in [0.25, 0.3) is 0 Å². The molecule has 2 heterocycles. The number of benzene rings is 6. The number of pyridine rings is 1. The van der Waals surface area contributed by atoms with Gasteiger partial charge in [-0.05, 0) is 64.7 Å². The Bertz CT molecular complexity index is 2270. The van der Waals surface area contributed by atoms with Gasteiger partial charge in [0.05, 0.1) is 16.7 Å². The Labute approximate surface area is 243 Å². The molecule has 0 bridgehead atoms. The molecule has 0 radical (unpaired) electrons. The molecule has 0 fully saturated rings. The van der Waals surface area contributed by atoms with Crippen molar-refractivity contribution in [1.29, 1.82) is 5.41 Å². The standard InChI is InChI=1S/C38H26N4/c39-24-32-34(41-28-9-2-1-3-10-28)21-22-35-37(32)31-20-17-27-14-13-25-8-4-5-11-30(25)36(27)38(31)42(35)29-18-15-26(16-19-29)33-12-6-7-23-40-33/h1-24,39,41H. The van der Waals surface area contributed by atoms with Crippen molar-refractivity contribution in [3.63, 3.8) is 0 Å². The third-order valence-electron chi connectivity index (χ3n) is 8.12. The minimum absolute atomic E-state index is 0.866. The molecule has 4 nitrogen and oxygen atoms in total. The van der Waals surface area contributed by atoms with Crippen LogP contribution in [0.4, 0.5) is 11.4 Å². The Hall–Kier alpha value is -5.74. The van der Waals surface area contributed by atoms with E-state index in [1.54, 1.807) is 0 Å². The summed E-state index contributed by atoms with van der Waals surface area (Å²) >= 11 is 0. The van der Waals surface area contributed by atoms with Gasteiger partial charge in [-0.25, -0.2) is 0 Å². The number of fused-ring (bicyclic) bond motifs is 7. The molecule has 0 aliphatic carbocycles. The molecule has 4 heteroatoms. The van der Waals surface area contributed by atoms with Crippen molar-refractivity contribution in [2.75, 3.05) is 5.32 Å². The van der Waals surface area contributed by atoms with Crippen LogP contribution in [0.5, 0.6) is 0 Å². The zero-order valence-electron chi connectivity index (χ0n) is 22.8. The number of anilines is 2. The first kappa shape index (κ1) is 24.1. The molecule has 0 spiro atoms. The van der Waals surface area contributed by atoms with Crippen molar-refractivity contribution in [1.82, 2.24) is 9.55 Å². The van der Waals surface area contributed by atoms with Crippen LogP contribution in [0.1, 0.15) is 5.56 Å². The second kappa shape index (κ2) is 9.72. The van der Waals surface area contributed by atoms with Gasteiger partial charge in [0.15, 0.2) is 0 Å². The minimum Gasteiger partial charge on any atom is -0.355 e. The summed E-state index contributed by atoms with van der Waals surface area (Å²) in [6.45, 7) is 0. The van der Waals surface area contributed by atoms with E-state index in [2.05, 4.69) is 99.8 Å². The zero-order chi connectivity index (χ0) is 28.0. The van der Waals surface area contributed by atoms with Crippen LogP contribution in [0.15, 0.2) is 140 Å². The van der Waals surface area contributed by atoms with E-state index < -0.39 is 0 Å². The Morgan fingerprint density at radius 1 is 0.619 bits per heavy atom. The lowest BCUT2D eigenvalue weighted by Gasteiger charge is -2.13. The second-order valence-electron chi connectivity index (χ2n) is 10.5.